The van der Waals surface area contributed by atoms with Crippen LogP contribution in [0.25, 0.3) is 0 Å². The van der Waals surface area contributed by atoms with Crippen LogP contribution in [0.5, 0.6) is 0 Å². The van der Waals surface area contributed by atoms with Gasteiger partial charge in [0.1, 0.15) is 4.90 Å². The Hall–Kier alpha value is -1.94. The van der Waals surface area contributed by atoms with Gasteiger partial charge in [-0.15, -0.1) is 0 Å². The van der Waals surface area contributed by atoms with E-state index in [1.54, 1.807) is 0 Å². The lowest BCUT2D eigenvalue weighted by molar-refractivity contribution is -0.137. The largest absolute Gasteiger partial charge is 0.481 e. The number of carbonyl (C=O) groups excluding carboxylic acids is 1. The first-order chi connectivity index (χ1) is 9.15. The van der Waals surface area contributed by atoms with Gasteiger partial charge in [0.05, 0.1) is 30.9 Å². The lowest BCUT2D eigenvalue weighted by atomic mass is 10.4. The molecule has 0 spiro atoms. The topological polar surface area (TPSA) is 144 Å². The number of rotatable bonds is 7. The molecule has 4 N–H and O–H groups in total. The number of aromatic nitrogens is 2. The van der Waals surface area contributed by atoms with Crippen LogP contribution in [0.1, 0.15) is 17.8 Å². The molecule has 20 heavy (non-hydrogen) atoms. The Morgan fingerprint density at radius 2 is 2.00 bits per heavy atom. The summed E-state index contributed by atoms with van der Waals surface area (Å²) >= 11 is 0. The van der Waals surface area contributed by atoms with Gasteiger partial charge in [0, 0.05) is 0 Å². The highest BCUT2D eigenvalue weighted by Crippen LogP contribution is 2.19. The first-order valence-corrected chi connectivity index (χ1v) is 7.17. The summed E-state index contributed by atoms with van der Waals surface area (Å²) in [6.45, 7) is 2.55. The molecule has 10 heteroatoms. The molecular formula is C10H16N4O5S. The third-order valence-electron chi connectivity index (χ3n) is 2.56. The van der Waals surface area contributed by atoms with E-state index >= 15 is 0 Å². The quantitative estimate of drug-likeness (QED) is 0.573. The minimum Gasteiger partial charge on any atom is -0.481 e. The van der Waals surface area contributed by atoms with Gasteiger partial charge in [0.15, 0.2) is 0 Å². The van der Waals surface area contributed by atoms with E-state index in [4.69, 9.17) is 10.8 Å². The number of amides is 1. The van der Waals surface area contributed by atoms with Crippen molar-refractivity contribution in [1.29, 1.82) is 0 Å². The lowest BCUT2D eigenvalue weighted by Gasteiger charge is -2.06. The van der Waals surface area contributed by atoms with Crippen molar-refractivity contribution in [2.75, 3.05) is 6.54 Å². The van der Waals surface area contributed by atoms with Crippen LogP contribution in [0.15, 0.2) is 4.90 Å². The number of carboxylic acid groups (broad SMARTS) is 1. The minimum absolute atomic E-state index is 0.0628. The number of sulfonamides is 1. The Morgan fingerprint density at radius 1 is 1.40 bits per heavy atom. The fourth-order valence-corrected chi connectivity index (χ4v) is 3.13. The normalized spacial score (nSPS) is 11.5. The average molecular weight is 304 g/mol. The Morgan fingerprint density at radius 3 is 2.50 bits per heavy atom. The summed E-state index contributed by atoms with van der Waals surface area (Å²) in [4.78, 5) is 21.1. The van der Waals surface area contributed by atoms with Crippen molar-refractivity contribution >= 4 is 21.9 Å². The molecule has 0 unspecified atom stereocenters. The molecule has 0 aliphatic rings. The molecule has 0 aromatic carbocycles. The summed E-state index contributed by atoms with van der Waals surface area (Å²) in [5, 5.41) is 12.6. The smallest absolute Gasteiger partial charge is 0.305 e. The van der Waals surface area contributed by atoms with Crippen molar-refractivity contribution < 1.29 is 23.1 Å². The maximum atomic E-state index is 12.0. The monoisotopic (exact) mass is 304 g/mol. The number of carbonyl (C=O) groups is 2. The second-order valence-corrected chi connectivity index (χ2v) is 5.86. The van der Waals surface area contributed by atoms with E-state index in [-0.39, 0.29) is 23.6 Å². The zero-order valence-corrected chi connectivity index (χ0v) is 11.9. The Balaban J connectivity index is 3.06. The molecule has 0 atom stereocenters. The molecule has 1 rings (SSSR count). The van der Waals surface area contributed by atoms with Gasteiger partial charge in [-0.3, -0.25) is 14.3 Å². The number of nitrogens with one attached hydrogen (secondary N) is 1. The van der Waals surface area contributed by atoms with Crippen LogP contribution in [0.3, 0.4) is 0 Å². The van der Waals surface area contributed by atoms with Crippen LogP contribution >= 0.6 is 0 Å². The second kappa shape index (κ2) is 6.01. The molecule has 1 aromatic rings. The molecule has 0 bridgehead atoms. The van der Waals surface area contributed by atoms with Crippen LogP contribution in [-0.2, 0) is 26.2 Å². The summed E-state index contributed by atoms with van der Waals surface area (Å²) in [7, 11) is -3.92. The minimum atomic E-state index is -3.92. The first-order valence-electron chi connectivity index (χ1n) is 5.69. The van der Waals surface area contributed by atoms with Gasteiger partial charge in [-0.05, 0) is 13.8 Å². The third kappa shape index (κ3) is 3.78. The van der Waals surface area contributed by atoms with E-state index in [0.717, 1.165) is 0 Å². The molecule has 1 amide bonds. The van der Waals surface area contributed by atoms with Crippen molar-refractivity contribution in [2.45, 2.75) is 31.7 Å². The highest BCUT2D eigenvalue weighted by atomic mass is 32.2. The van der Waals surface area contributed by atoms with E-state index in [1.165, 1.54) is 18.5 Å². The van der Waals surface area contributed by atoms with E-state index < -0.39 is 28.4 Å². The summed E-state index contributed by atoms with van der Waals surface area (Å²) in [5.41, 5.74) is 5.42. The molecular weight excluding hydrogens is 288 g/mol. The summed E-state index contributed by atoms with van der Waals surface area (Å²) in [6, 6.07) is 0. The van der Waals surface area contributed by atoms with Gasteiger partial charge >= 0.3 is 5.97 Å². The molecule has 0 radical (unpaired) electrons. The second-order valence-electron chi connectivity index (χ2n) is 4.16. The number of aryl methyl sites for hydroxylation is 2. The number of nitrogens with zero attached hydrogens (tertiary/aromatic N) is 2. The molecule has 1 aromatic heterocycles. The Bertz CT molecular complexity index is 634. The maximum Gasteiger partial charge on any atom is 0.305 e. The predicted octanol–water partition coefficient (Wildman–Crippen LogP) is -1.26. The van der Waals surface area contributed by atoms with Gasteiger partial charge in [-0.25, -0.2) is 13.1 Å². The molecule has 1 heterocycles. The van der Waals surface area contributed by atoms with Gasteiger partial charge in [0.2, 0.25) is 15.9 Å². The molecule has 9 nitrogen and oxygen atoms in total. The van der Waals surface area contributed by atoms with Gasteiger partial charge in [-0.1, -0.05) is 0 Å². The number of carboxylic acids is 1. The highest BCUT2D eigenvalue weighted by molar-refractivity contribution is 7.89. The Kier molecular flexibility index (Phi) is 4.84. The Labute approximate surface area is 115 Å². The molecule has 0 fully saturated rings. The molecule has 0 saturated carbocycles. The lowest BCUT2D eigenvalue weighted by Crippen LogP contribution is -2.33. The molecule has 112 valence electrons. The third-order valence-corrected chi connectivity index (χ3v) is 4.21. The zero-order chi connectivity index (χ0) is 15.5. The maximum absolute atomic E-state index is 12.0. The standard InChI is InChI=1S/C10H16N4O5S/c1-6-10(20(18,19)12-5-8(11)15)7(2)14(13-6)4-3-9(16)17/h12H,3-5H2,1-2H3,(H2,11,15)(H,16,17). The van der Waals surface area contributed by atoms with Crippen LogP contribution in [0.4, 0.5) is 0 Å². The van der Waals surface area contributed by atoms with Crippen LogP contribution in [-0.4, -0.2) is 41.7 Å². The summed E-state index contributed by atoms with van der Waals surface area (Å²) in [5.74, 6) is -1.81. The number of aliphatic carboxylic acids is 1. The van der Waals surface area contributed by atoms with E-state index in [1.807, 2.05) is 0 Å². The fourth-order valence-electron chi connectivity index (χ4n) is 1.73. The van der Waals surface area contributed by atoms with Crippen LogP contribution in [0.2, 0.25) is 0 Å². The van der Waals surface area contributed by atoms with Crippen molar-refractivity contribution in [1.82, 2.24) is 14.5 Å². The van der Waals surface area contributed by atoms with Crippen molar-refractivity contribution in [3.63, 3.8) is 0 Å². The van der Waals surface area contributed by atoms with Gasteiger partial charge in [0.25, 0.3) is 0 Å². The van der Waals surface area contributed by atoms with Crippen molar-refractivity contribution in [3.8, 4) is 0 Å². The zero-order valence-electron chi connectivity index (χ0n) is 11.1. The number of hydrogen-bond acceptors (Lipinski definition) is 5. The average Bonchev–Trinajstić information content (AvgIpc) is 2.59. The predicted molar refractivity (Wildman–Crippen MR) is 68.3 cm³/mol. The number of primary amides is 1. The SMILES string of the molecule is Cc1nn(CCC(=O)O)c(C)c1S(=O)(=O)NCC(N)=O. The van der Waals surface area contributed by atoms with Gasteiger partial charge in [-0.2, -0.15) is 5.10 Å². The first kappa shape index (κ1) is 16.1. The van der Waals surface area contributed by atoms with E-state index in [9.17, 15) is 18.0 Å². The molecule has 0 aliphatic heterocycles. The highest BCUT2D eigenvalue weighted by Gasteiger charge is 2.24. The number of hydrogen-bond donors (Lipinski definition) is 3. The molecule has 0 aliphatic carbocycles. The summed E-state index contributed by atoms with van der Waals surface area (Å²) in [6.07, 6.45) is -0.170. The summed E-state index contributed by atoms with van der Waals surface area (Å²) < 4.78 is 27.5. The van der Waals surface area contributed by atoms with Crippen molar-refractivity contribution in [3.05, 3.63) is 11.4 Å². The van der Waals surface area contributed by atoms with E-state index in [2.05, 4.69) is 9.82 Å². The molecule has 0 saturated heterocycles. The van der Waals surface area contributed by atoms with E-state index in [0.29, 0.717) is 5.69 Å². The fraction of sp³-hybridized carbons (Fsp3) is 0.500. The van der Waals surface area contributed by atoms with Crippen molar-refractivity contribution in [2.24, 2.45) is 5.73 Å². The number of nitrogens with two attached hydrogens (primary N) is 1. The van der Waals surface area contributed by atoms with Crippen LogP contribution < -0.4 is 10.5 Å². The van der Waals surface area contributed by atoms with Crippen LogP contribution in [0, 0.1) is 13.8 Å². The van der Waals surface area contributed by atoms with Gasteiger partial charge < -0.3 is 10.8 Å².